The number of ether oxygens (including phenoxy) is 1. The molecule has 0 aromatic carbocycles. The van der Waals surface area contributed by atoms with Crippen molar-refractivity contribution in [1.29, 1.82) is 0 Å². The molecule has 0 aliphatic carbocycles. The van der Waals surface area contributed by atoms with Crippen LogP contribution in [0, 0.1) is 5.41 Å². The number of carbonyl (C=O) groups excluding carboxylic acids is 1. The van der Waals surface area contributed by atoms with Crippen LogP contribution in [0.25, 0.3) is 0 Å². The van der Waals surface area contributed by atoms with Gasteiger partial charge in [-0.05, 0) is 12.8 Å². The molecule has 0 saturated carbocycles. The third-order valence-corrected chi connectivity index (χ3v) is 3.41. The van der Waals surface area contributed by atoms with E-state index in [-0.39, 0.29) is 12.5 Å². The average molecular weight is 213 g/mol. The third-order valence-electron chi connectivity index (χ3n) is 3.41. The first kappa shape index (κ1) is 10.9. The van der Waals surface area contributed by atoms with Crippen molar-refractivity contribution in [3.05, 3.63) is 0 Å². The van der Waals surface area contributed by atoms with Gasteiger partial charge in [-0.15, -0.1) is 0 Å². The third kappa shape index (κ3) is 2.01. The van der Waals surface area contributed by atoms with E-state index in [1.807, 2.05) is 4.90 Å². The number of aliphatic hydroxyl groups is 1. The molecule has 1 N–H and O–H groups in total. The molecule has 0 spiro atoms. The van der Waals surface area contributed by atoms with Gasteiger partial charge in [0.05, 0.1) is 19.8 Å². The van der Waals surface area contributed by atoms with Crippen molar-refractivity contribution < 1.29 is 14.6 Å². The van der Waals surface area contributed by atoms with Crippen molar-refractivity contribution in [2.45, 2.75) is 25.7 Å². The fourth-order valence-corrected chi connectivity index (χ4v) is 2.24. The maximum Gasteiger partial charge on any atom is 0.235 e. The van der Waals surface area contributed by atoms with E-state index in [0.29, 0.717) is 13.2 Å². The fraction of sp³-hybridized carbons (Fsp3) is 0.909. The van der Waals surface area contributed by atoms with Gasteiger partial charge in [0, 0.05) is 13.1 Å². The normalized spacial score (nSPS) is 25.5. The SMILES string of the molecule is O=C(N1CCCCCC1)C1(CO)COC1. The smallest absolute Gasteiger partial charge is 0.235 e. The number of rotatable bonds is 2. The summed E-state index contributed by atoms with van der Waals surface area (Å²) in [6.07, 6.45) is 4.61. The molecule has 2 aliphatic heterocycles. The summed E-state index contributed by atoms with van der Waals surface area (Å²) in [7, 11) is 0. The summed E-state index contributed by atoms with van der Waals surface area (Å²) >= 11 is 0. The first-order valence-corrected chi connectivity index (χ1v) is 5.76. The van der Waals surface area contributed by atoms with Crippen LogP contribution >= 0.6 is 0 Å². The first-order valence-electron chi connectivity index (χ1n) is 5.76. The molecule has 4 heteroatoms. The second kappa shape index (κ2) is 4.49. The summed E-state index contributed by atoms with van der Waals surface area (Å²) in [5.41, 5.74) is -0.607. The molecule has 0 aromatic heterocycles. The lowest BCUT2D eigenvalue weighted by atomic mass is 9.85. The number of likely N-dealkylation sites (tertiary alicyclic amines) is 1. The van der Waals surface area contributed by atoms with Crippen LogP contribution in [0.2, 0.25) is 0 Å². The highest BCUT2D eigenvalue weighted by atomic mass is 16.5. The van der Waals surface area contributed by atoms with Crippen molar-refractivity contribution in [3.63, 3.8) is 0 Å². The van der Waals surface area contributed by atoms with Crippen LogP contribution < -0.4 is 0 Å². The lowest BCUT2D eigenvalue weighted by Crippen LogP contribution is -2.57. The van der Waals surface area contributed by atoms with E-state index >= 15 is 0 Å². The number of aliphatic hydroxyl groups excluding tert-OH is 1. The highest BCUT2D eigenvalue weighted by Crippen LogP contribution is 2.30. The largest absolute Gasteiger partial charge is 0.395 e. The Hall–Kier alpha value is -0.610. The van der Waals surface area contributed by atoms with Crippen LogP contribution in [0.4, 0.5) is 0 Å². The van der Waals surface area contributed by atoms with E-state index in [2.05, 4.69) is 0 Å². The first-order chi connectivity index (χ1) is 7.28. The second-order valence-corrected chi connectivity index (χ2v) is 4.64. The Labute approximate surface area is 90.2 Å². The van der Waals surface area contributed by atoms with Gasteiger partial charge in [-0.3, -0.25) is 4.79 Å². The summed E-state index contributed by atoms with van der Waals surface area (Å²) in [6, 6.07) is 0. The Morgan fingerprint density at radius 1 is 1.20 bits per heavy atom. The molecular weight excluding hydrogens is 194 g/mol. The number of carbonyl (C=O) groups is 1. The van der Waals surface area contributed by atoms with E-state index < -0.39 is 5.41 Å². The van der Waals surface area contributed by atoms with Crippen LogP contribution in [-0.4, -0.2) is 48.8 Å². The molecule has 2 fully saturated rings. The Morgan fingerprint density at radius 2 is 1.80 bits per heavy atom. The Balaban J connectivity index is 1.98. The average Bonchev–Trinajstić information content (AvgIpc) is 2.44. The van der Waals surface area contributed by atoms with E-state index in [1.54, 1.807) is 0 Å². The van der Waals surface area contributed by atoms with Gasteiger partial charge < -0.3 is 14.7 Å². The van der Waals surface area contributed by atoms with Crippen LogP contribution in [0.3, 0.4) is 0 Å². The molecule has 0 atom stereocenters. The van der Waals surface area contributed by atoms with Crippen LogP contribution in [0.5, 0.6) is 0 Å². The number of amides is 1. The molecule has 86 valence electrons. The highest BCUT2D eigenvalue weighted by molar-refractivity contribution is 5.84. The van der Waals surface area contributed by atoms with E-state index in [4.69, 9.17) is 4.74 Å². The molecular formula is C11H19NO3. The summed E-state index contributed by atoms with van der Waals surface area (Å²) in [5.74, 6) is 0.0955. The van der Waals surface area contributed by atoms with E-state index in [1.165, 1.54) is 12.8 Å². The summed E-state index contributed by atoms with van der Waals surface area (Å²) < 4.78 is 5.06. The molecule has 2 aliphatic rings. The quantitative estimate of drug-likeness (QED) is 0.722. The molecule has 0 aromatic rings. The van der Waals surface area contributed by atoms with Gasteiger partial charge in [-0.1, -0.05) is 12.8 Å². The van der Waals surface area contributed by atoms with Crippen molar-refractivity contribution in [3.8, 4) is 0 Å². The van der Waals surface area contributed by atoms with Gasteiger partial charge in [-0.25, -0.2) is 0 Å². The number of hydrogen-bond acceptors (Lipinski definition) is 3. The Morgan fingerprint density at radius 3 is 2.20 bits per heavy atom. The van der Waals surface area contributed by atoms with Crippen molar-refractivity contribution in [2.75, 3.05) is 32.9 Å². The van der Waals surface area contributed by atoms with Gasteiger partial charge in [0.15, 0.2) is 0 Å². The highest BCUT2D eigenvalue weighted by Gasteiger charge is 2.47. The Bertz CT molecular complexity index is 224. The zero-order chi connectivity index (χ0) is 10.7. The van der Waals surface area contributed by atoms with E-state index in [0.717, 1.165) is 25.9 Å². The minimum absolute atomic E-state index is 0.0810. The molecule has 2 saturated heterocycles. The monoisotopic (exact) mass is 213 g/mol. The fourth-order valence-electron chi connectivity index (χ4n) is 2.24. The number of hydrogen-bond donors (Lipinski definition) is 1. The zero-order valence-corrected chi connectivity index (χ0v) is 9.07. The van der Waals surface area contributed by atoms with Gasteiger partial charge in [-0.2, -0.15) is 0 Å². The van der Waals surface area contributed by atoms with Gasteiger partial charge in [0.25, 0.3) is 0 Å². The molecule has 4 nitrogen and oxygen atoms in total. The topological polar surface area (TPSA) is 49.8 Å². The molecule has 15 heavy (non-hydrogen) atoms. The summed E-state index contributed by atoms with van der Waals surface area (Å²) in [6.45, 7) is 2.39. The van der Waals surface area contributed by atoms with Gasteiger partial charge >= 0.3 is 0 Å². The molecule has 1 amide bonds. The Kier molecular flexibility index (Phi) is 3.26. The number of nitrogens with zero attached hydrogens (tertiary/aromatic N) is 1. The minimum Gasteiger partial charge on any atom is -0.395 e. The maximum atomic E-state index is 12.2. The van der Waals surface area contributed by atoms with Gasteiger partial charge in [0.2, 0.25) is 5.91 Å². The minimum atomic E-state index is -0.607. The zero-order valence-electron chi connectivity index (χ0n) is 9.07. The standard InChI is InChI=1S/C11H19NO3/c13-7-11(8-15-9-11)10(14)12-5-3-1-2-4-6-12/h13H,1-9H2. The van der Waals surface area contributed by atoms with Crippen LogP contribution in [0.1, 0.15) is 25.7 Å². The predicted octanol–water partition coefficient (Wildman–Crippen LogP) is 0.398. The van der Waals surface area contributed by atoms with Crippen LogP contribution in [-0.2, 0) is 9.53 Å². The van der Waals surface area contributed by atoms with Crippen molar-refractivity contribution in [2.24, 2.45) is 5.41 Å². The maximum absolute atomic E-state index is 12.2. The lowest BCUT2D eigenvalue weighted by Gasteiger charge is -2.41. The van der Waals surface area contributed by atoms with Crippen molar-refractivity contribution in [1.82, 2.24) is 4.90 Å². The predicted molar refractivity (Wildman–Crippen MR) is 55.4 cm³/mol. The van der Waals surface area contributed by atoms with Crippen molar-refractivity contribution >= 4 is 5.91 Å². The second-order valence-electron chi connectivity index (χ2n) is 4.64. The molecule has 2 rings (SSSR count). The lowest BCUT2D eigenvalue weighted by molar-refractivity contribution is -0.180. The molecule has 2 heterocycles. The van der Waals surface area contributed by atoms with Gasteiger partial charge in [0.1, 0.15) is 5.41 Å². The summed E-state index contributed by atoms with van der Waals surface area (Å²) in [5, 5.41) is 9.28. The summed E-state index contributed by atoms with van der Waals surface area (Å²) in [4.78, 5) is 14.1. The molecule has 0 radical (unpaired) electrons. The molecule has 0 unspecified atom stereocenters. The molecule has 0 bridgehead atoms. The van der Waals surface area contributed by atoms with E-state index in [9.17, 15) is 9.90 Å². The van der Waals surface area contributed by atoms with Crippen LogP contribution in [0.15, 0.2) is 0 Å².